The first-order valence-electron chi connectivity index (χ1n) is 6.85. The van der Waals surface area contributed by atoms with E-state index in [1.807, 2.05) is 0 Å². The molecular weight excluding hydrogens is 272 g/mol. The molecule has 3 rings (SSSR count). The van der Waals surface area contributed by atoms with Crippen molar-refractivity contribution in [2.75, 3.05) is 38.2 Å². The van der Waals surface area contributed by atoms with Crippen molar-refractivity contribution in [2.45, 2.75) is 6.54 Å². The van der Waals surface area contributed by atoms with Crippen molar-refractivity contribution in [2.24, 2.45) is 0 Å². The number of anilines is 1. The Kier molecular flexibility index (Phi) is 3.61. The highest BCUT2D eigenvalue weighted by Gasteiger charge is 2.20. The molecule has 2 N–H and O–H groups in total. The lowest BCUT2D eigenvalue weighted by atomic mass is 10.3. The number of allylic oxidation sites excluding steroid dienone is 1. The Balaban J connectivity index is 2.20. The summed E-state index contributed by atoms with van der Waals surface area (Å²) in [5.74, 6) is 0.707. The molecule has 0 spiro atoms. The van der Waals surface area contributed by atoms with Crippen molar-refractivity contribution in [3.63, 3.8) is 0 Å². The van der Waals surface area contributed by atoms with E-state index in [1.54, 1.807) is 6.08 Å². The van der Waals surface area contributed by atoms with E-state index in [1.165, 1.54) is 11.7 Å². The van der Waals surface area contributed by atoms with Crippen LogP contribution in [-0.4, -0.2) is 52.8 Å². The molecule has 2 aromatic rings. The van der Waals surface area contributed by atoms with Crippen molar-refractivity contribution in [3.8, 4) is 6.01 Å². The molecular formula is C13H18N6O2. The van der Waals surface area contributed by atoms with E-state index in [0.29, 0.717) is 23.5 Å². The number of H-pyrrole nitrogens is 1. The van der Waals surface area contributed by atoms with Gasteiger partial charge in [0.2, 0.25) is 0 Å². The normalized spacial score (nSPS) is 15.4. The minimum Gasteiger partial charge on any atom is -0.467 e. The summed E-state index contributed by atoms with van der Waals surface area (Å²) in [6, 6.07) is 0.257. The third-order valence-corrected chi connectivity index (χ3v) is 3.49. The maximum absolute atomic E-state index is 12.1. The summed E-state index contributed by atoms with van der Waals surface area (Å²) < 4.78 is 6.70. The number of nitrogens with zero attached hydrogens (tertiary/aromatic N) is 4. The maximum atomic E-state index is 12.1. The molecule has 8 heteroatoms. The van der Waals surface area contributed by atoms with E-state index in [4.69, 9.17) is 4.74 Å². The van der Waals surface area contributed by atoms with Crippen molar-refractivity contribution in [3.05, 3.63) is 23.1 Å². The van der Waals surface area contributed by atoms with E-state index in [0.717, 1.165) is 26.2 Å². The van der Waals surface area contributed by atoms with Crippen molar-refractivity contribution in [1.82, 2.24) is 24.8 Å². The van der Waals surface area contributed by atoms with Gasteiger partial charge in [0.05, 0.1) is 7.11 Å². The number of methoxy groups -OCH3 is 1. The van der Waals surface area contributed by atoms with Gasteiger partial charge >= 0.3 is 11.7 Å². The summed E-state index contributed by atoms with van der Waals surface area (Å²) in [5, 5.41) is 3.29. The molecule has 1 saturated heterocycles. The fourth-order valence-electron chi connectivity index (χ4n) is 2.49. The zero-order valence-corrected chi connectivity index (χ0v) is 11.9. The lowest BCUT2D eigenvalue weighted by molar-refractivity contribution is 0.380. The van der Waals surface area contributed by atoms with Gasteiger partial charge in [0.25, 0.3) is 0 Å². The van der Waals surface area contributed by atoms with Crippen LogP contribution >= 0.6 is 0 Å². The van der Waals surface area contributed by atoms with Gasteiger partial charge in [-0.3, -0.25) is 4.57 Å². The fourth-order valence-corrected chi connectivity index (χ4v) is 2.49. The van der Waals surface area contributed by atoms with Gasteiger partial charge in [-0.1, -0.05) is 6.08 Å². The second-order valence-corrected chi connectivity index (χ2v) is 4.80. The molecule has 1 aliphatic rings. The van der Waals surface area contributed by atoms with E-state index in [-0.39, 0.29) is 11.7 Å². The molecule has 8 nitrogen and oxygen atoms in total. The Morgan fingerprint density at radius 1 is 1.38 bits per heavy atom. The molecule has 0 saturated carbocycles. The molecule has 21 heavy (non-hydrogen) atoms. The van der Waals surface area contributed by atoms with Crippen LogP contribution in [0.5, 0.6) is 6.01 Å². The number of imidazole rings is 1. The molecule has 0 unspecified atom stereocenters. The van der Waals surface area contributed by atoms with Crippen LogP contribution in [0.4, 0.5) is 5.82 Å². The number of hydrogen-bond donors (Lipinski definition) is 2. The van der Waals surface area contributed by atoms with Gasteiger partial charge in [-0.05, 0) is 0 Å². The standard InChI is InChI=1S/C13H18N6O2/c1-3-6-19-11-9(15-13(19)20)10(16-12(17-11)21-2)18-7-4-14-5-8-18/h3,14H,1,4-8H2,2H3,(H,15,20). The van der Waals surface area contributed by atoms with E-state index in [9.17, 15) is 4.79 Å². The van der Waals surface area contributed by atoms with Crippen molar-refractivity contribution in [1.29, 1.82) is 0 Å². The van der Waals surface area contributed by atoms with Crippen LogP contribution in [0.1, 0.15) is 0 Å². The van der Waals surface area contributed by atoms with Gasteiger partial charge in [0, 0.05) is 32.7 Å². The number of nitrogens with one attached hydrogen (secondary N) is 2. The average Bonchev–Trinajstić information content (AvgIpc) is 2.84. The molecule has 112 valence electrons. The van der Waals surface area contributed by atoms with Crippen LogP contribution < -0.4 is 20.6 Å². The fraction of sp³-hybridized carbons (Fsp3) is 0.462. The Morgan fingerprint density at radius 2 is 2.14 bits per heavy atom. The van der Waals surface area contributed by atoms with Crippen LogP contribution in [0, 0.1) is 0 Å². The second kappa shape index (κ2) is 5.57. The lowest BCUT2D eigenvalue weighted by Gasteiger charge is -2.28. The van der Waals surface area contributed by atoms with Crippen LogP contribution in [0.25, 0.3) is 11.2 Å². The minimum absolute atomic E-state index is 0.219. The largest absolute Gasteiger partial charge is 0.467 e. The molecule has 0 amide bonds. The summed E-state index contributed by atoms with van der Waals surface area (Å²) in [4.78, 5) is 25.8. The molecule has 0 bridgehead atoms. The first kappa shape index (κ1) is 13.6. The number of rotatable bonds is 4. The summed E-state index contributed by atoms with van der Waals surface area (Å²) in [6.07, 6.45) is 1.66. The summed E-state index contributed by atoms with van der Waals surface area (Å²) in [6.45, 7) is 7.47. The van der Waals surface area contributed by atoms with Gasteiger partial charge in [-0.15, -0.1) is 6.58 Å². The number of aromatic nitrogens is 4. The zero-order chi connectivity index (χ0) is 14.8. The van der Waals surface area contributed by atoms with Crippen LogP contribution in [0.15, 0.2) is 17.4 Å². The van der Waals surface area contributed by atoms with Gasteiger partial charge < -0.3 is 19.9 Å². The molecule has 0 radical (unpaired) electrons. The van der Waals surface area contributed by atoms with Crippen LogP contribution in [0.2, 0.25) is 0 Å². The topological polar surface area (TPSA) is 88.1 Å². The van der Waals surface area contributed by atoms with E-state index >= 15 is 0 Å². The zero-order valence-electron chi connectivity index (χ0n) is 11.9. The molecule has 1 fully saturated rings. The van der Waals surface area contributed by atoms with Gasteiger partial charge in [-0.25, -0.2) is 4.79 Å². The van der Waals surface area contributed by atoms with E-state index < -0.39 is 0 Å². The average molecular weight is 290 g/mol. The summed E-state index contributed by atoms with van der Waals surface area (Å²) in [5.41, 5.74) is 0.966. The first-order valence-corrected chi connectivity index (χ1v) is 6.85. The summed E-state index contributed by atoms with van der Waals surface area (Å²) >= 11 is 0. The molecule has 0 atom stereocenters. The predicted octanol–water partition coefficient (Wildman–Crippen LogP) is -0.276. The van der Waals surface area contributed by atoms with E-state index in [2.05, 4.69) is 31.7 Å². The maximum Gasteiger partial charge on any atom is 0.328 e. The minimum atomic E-state index is -0.219. The third kappa shape index (κ3) is 2.38. The first-order chi connectivity index (χ1) is 10.2. The quantitative estimate of drug-likeness (QED) is 0.753. The number of aromatic amines is 1. The third-order valence-electron chi connectivity index (χ3n) is 3.49. The Hall–Kier alpha value is -2.35. The smallest absolute Gasteiger partial charge is 0.328 e. The second-order valence-electron chi connectivity index (χ2n) is 4.80. The highest BCUT2D eigenvalue weighted by Crippen LogP contribution is 2.24. The molecule has 2 aromatic heterocycles. The number of hydrogen-bond acceptors (Lipinski definition) is 6. The summed E-state index contributed by atoms with van der Waals surface area (Å²) in [7, 11) is 1.52. The van der Waals surface area contributed by atoms with Gasteiger partial charge in [0.15, 0.2) is 11.5 Å². The van der Waals surface area contributed by atoms with Gasteiger partial charge in [-0.2, -0.15) is 9.97 Å². The van der Waals surface area contributed by atoms with Gasteiger partial charge in [0.1, 0.15) is 5.52 Å². The lowest BCUT2D eigenvalue weighted by Crippen LogP contribution is -2.44. The molecule has 1 aliphatic heterocycles. The Labute approximate surface area is 121 Å². The Morgan fingerprint density at radius 3 is 2.81 bits per heavy atom. The number of ether oxygens (including phenoxy) is 1. The monoisotopic (exact) mass is 290 g/mol. The Bertz CT molecular complexity index is 713. The number of piperazine rings is 1. The number of fused-ring (bicyclic) bond motifs is 1. The SMILES string of the molecule is C=CCn1c(=O)[nH]c2c(N3CCNCC3)nc(OC)nc21. The van der Waals surface area contributed by atoms with Crippen molar-refractivity contribution >= 4 is 17.0 Å². The molecule has 3 heterocycles. The highest BCUT2D eigenvalue weighted by molar-refractivity contribution is 5.84. The molecule has 0 aliphatic carbocycles. The van der Waals surface area contributed by atoms with Crippen LogP contribution in [-0.2, 0) is 6.54 Å². The van der Waals surface area contributed by atoms with Crippen molar-refractivity contribution < 1.29 is 4.74 Å². The molecule has 0 aromatic carbocycles. The predicted molar refractivity (Wildman–Crippen MR) is 80.0 cm³/mol. The highest BCUT2D eigenvalue weighted by atomic mass is 16.5. The van der Waals surface area contributed by atoms with Crippen LogP contribution in [0.3, 0.4) is 0 Å².